The lowest BCUT2D eigenvalue weighted by molar-refractivity contribution is 0.636. The van der Waals surface area contributed by atoms with Gasteiger partial charge in [0.1, 0.15) is 17.5 Å². The fourth-order valence-corrected chi connectivity index (χ4v) is 2.94. The molecule has 116 valence electrons. The van der Waals surface area contributed by atoms with E-state index in [2.05, 4.69) is 44.7 Å². The van der Waals surface area contributed by atoms with Gasteiger partial charge in [-0.15, -0.1) is 0 Å². The van der Waals surface area contributed by atoms with Crippen LogP contribution >= 0.6 is 0 Å². The normalized spacial score (nSPS) is 15.2. The van der Waals surface area contributed by atoms with Crippen molar-refractivity contribution in [1.29, 1.82) is 0 Å². The smallest absolute Gasteiger partial charge is 0.135 e. The number of piperazine rings is 1. The molecular weight excluding hydrogens is 274 g/mol. The summed E-state index contributed by atoms with van der Waals surface area (Å²) in [5, 5.41) is 0. The van der Waals surface area contributed by atoms with E-state index < -0.39 is 0 Å². The molecule has 3 rings (SSSR count). The van der Waals surface area contributed by atoms with Gasteiger partial charge in [0.05, 0.1) is 0 Å². The van der Waals surface area contributed by atoms with E-state index >= 15 is 0 Å². The maximum absolute atomic E-state index is 4.66. The van der Waals surface area contributed by atoms with Crippen molar-refractivity contribution in [1.82, 2.24) is 15.0 Å². The van der Waals surface area contributed by atoms with Gasteiger partial charge in [0.15, 0.2) is 0 Å². The highest BCUT2D eigenvalue weighted by molar-refractivity contribution is 5.51. The van der Waals surface area contributed by atoms with Crippen molar-refractivity contribution < 1.29 is 0 Å². The van der Waals surface area contributed by atoms with Crippen LogP contribution in [0.3, 0.4) is 0 Å². The van der Waals surface area contributed by atoms with Crippen molar-refractivity contribution >= 4 is 11.6 Å². The van der Waals surface area contributed by atoms with E-state index in [-0.39, 0.29) is 0 Å². The van der Waals surface area contributed by atoms with E-state index in [0.717, 1.165) is 50.1 Å². The fraction of sp³-hybridized carbons (Fsp3) is 0.471. The van der Waals surface area contributed by atoms with Gasteiger partial charge in [0, 0.05) is 44.1 Å². The first-order valence-electron chi connectivity index (χ1n) is 7.93. The van der Waals surface area contributed by atoms with Crippen LogP contribution in [-0.4, -0.2) is 41.1 Å². The number of aryl methyl sites for hydroxylation is 3. The summed E-state index contributed by atoms with van der Waals surface area (Å²) in [5.41, 5.74) is 2.47. The minimum atomic E-state index is 0.843. The Labute approximate surface area is 132 Å². The molecule has 0 saturated carbocycles. The molecule has 0 atom stereocenters. The van der Waals surface area contributed by atoms with Crippen molar-refractivity contribution in [2.24, 2.45) is 0 Å². The molecule has 2 aromatic rings. The Bertz CT molecular complexity index is 647. The highest BCUT2D eigenvalue weighted by Crippen LogP contribution is 2.22. The average molecular weight is 297 g/mol. The molecule has 0 spiro atoms. The van der Waals surface area contributed by atoms with Gasteiger partial charge < -0.3 is 9.80 Å². The number of hydrogen-bond acceptors (Lipinski definition) is 5. The van der Waals surface area contributed by atoms with Crippen LogP contribution < -0.4 is 9.80 Å². The van der Waals surface area contributed by atoms with Gasteiger partial charge in [-0.05, 0) is 31.9 Å². The van der Waals surface area contributed by atoms with Crippen LogP contribution in [0.4, 0.5) is 11.6 Å². The Kier molecular flexibility index (Phi) is 4.22. The quantitative estimate of drug-likeness (QED) is 0.870. The lowest BCUT2D eigenvalue weighted by Crippen LogP contribution is -2.47. The van der Waals surface area contributed by atoms with Gasteiger partial charge in [0.25, 0.3) is 0 Å². The predicted octanol–water partition coefficient (Wildman–Crippen LogP) is 2.38. The summed E-state index contributed by atoms with van der Waals surface area (Å²) in [4.78, 5) is 18.3. The lowest BCUT2D eigenvalue weighted by atomic mass is 10.2. The maximum Gasteiger partial charge on any atom is 0.135 e. The molecule has 0 radical (unpaired) electrons. The summed E-state index contributed by atoms with van der Waals surface area (Å²) in [6.45, 7) is 10.1. The Morgan fingerprint density at radius 3 is 2.32 bits per heavy atom. The molecule has 5 heteroatoms. The largest absolute Gasteiger partial charge is 0.353 e. The third-order valence-electron chi connectivity index (χ3n) is 4.20. The molecule has 0 bridgehead atoms. The molecule has 0 unspecified atom stereocenters. The first-order valence-corrected chi connectivity index (χ1v) is 7.93. The molecule has 0 amide bonds. The van der Waals surface area contributed by atoms with Crippen LogP contribution in [0.25, 0.3) is 0 Å². The predicted molar refractivity (Wildman–Crippen MR) is 89.5 cm³/mol. The number of hydrogen-bond donors (Lipinski definition) is 0. The monoisotopic (exact) mass is 297 g/mol. The zero-order valence-corrected chi connectivity index (χ0v) is 13.6. The van der Waals surface area contributed by atoms with Gasteiger partial charge in [-0.2, -0.15) is 0 Å². The third-order valence-corrected chi connectivity index (χ3v) is 4.20. The van der Waals surface area contributed by atoms with Gasteiger partial charge in [0.2, 0.25) is 0 Å². The second kappa shape index (κ2) is 6.30. The summed E-state index contributed by atoms with van der Waals surface area (Å²) in [7, 11) is 0. The minimum absolute atomic E-state index is 0.843. The van der Waals surface area contributed by atoms with Crippen LogP contribution in [0, 0.1) is 13.8 Å². The van der Waals surface area contributed by atoms with Gasteiger partial charge in [-0.1, -0.05) is 13.0 Å². The summed E-state index contributed by atoms with van der Waals surface area (Å²) in [5.74, 6) is 3.05. The Morgan fingerprint density at radius 2 is 1.68 bits per heavy atom. The summed E-state index contributed by atoms with van der Waals surface area (Å²) >= 11 is 0. The molecule has 3 heterocycles. The Balaban J connectivity index is 1.75. The number of rotatable bonds is 3. The summed E-state index contributed by atoms with van der Waals surface area (Å²) in [6, 6.07) is 4.12. The van der Waals surface area contributed by atoms with E-state index in [1.165, 1.54) is 11.1 Å². The molecular formula is C17H23N5. The lowest BCUT2D eigenvalue weighted by Gasteiger charge is -2.37. The van der Waals surface area contributed by atoms with Crippen molar-refractivity contribution in [2.75, 3.05) is 36.0 Å². The van der Waals surface area contributed by atoms with Crippen LogP contribution in [0.15, 0.2) is 24.5 Å². The van der Waals surface area contributed by atoms with Gasteiger partial charge >= 0.3 is 0 Å². The third kappa shape index (κ3) is 2.89. The number of nitrogens with zero attached hydrogens (tertiary/aromatic N) is 5. The van der Waals surface area contributed by atoms with Gasteiger partial charge in [-0.25, -0.2) is 15.0 Å². The topological polar surface area (TPSA) is 45.2 Å². The molecule has 5 nitrogen and oxygen atoms in total. The maximum atomic E-state index is 4.66. The first kappa shape index (κ1) is 14.8. The molecule has 0 aliphatic carbocycles. The number of pyridine rings is 1. The van der Waals surface area contributed by atoms with Crippen molar-refractivity contribution in [2.45, 2.75) is 27.2 Å². The number of anilines is 2. The van der Waals surface area contributed by atoms with Crippen LogP contribution in [0.2, 0.25) is 0 Å². The van der Waals surface area contributed by atoms with E-state index in [0.29, 0.717) is 0 Å². The molecule has 0 N–H and O–H groups in total. The molecule has 1 aliphatic heterocycles. The highest BCUT2D eigenvalue weighted by atomic mass is 15.3. The fourth-order valence-electron chi connectivity index (χ4n) is 2.94. The van der Waals surface area contributed by atoms with Crippen molar-refractivity contribution in [3.63, 3.8) is 0 Å². The second-order valence-electron chi connectivity index (χ2n) is 5.74. The second-order valence-corrected chi connectivity index (χ2v) is 5.74. The zero-order chi connectivity index (χ0) is 15.5. The van der Waals surface area contributed by atoms with Crippen molar-refractivity contribution in [3.8, 4) is 0 Å². The molecule has 1 aliphatic rings. The highest BCUT2D eigenvalue weighted by Gasteiger charge is 2.21. The Hall–Kier alpha value is -2.17. The van der Waals surface area contributed by atoms with Gasteiger partial charge in [-0.3, -0.25) is 0 Å². The van der Waals surface area contributed by atoms with Crippen LogP contribution in [-0.2, 0) is 6.42 Å². The zero-order valence-electron chi connectivity index (χ0n) is 13.6. The molecule has 2 aromatic heterocycles. The molecule has 0 aromatic carbocycles. The van der Waals surface area contributed by atoms with E-state index in [4.69, 9.17) is 0 Å². The average Bonchev–Trinajstić information content (AvgIpc) is 2.55. The van der Waals surface area contributed by atoms with E-state index in [9.17, 15) is 0 Å². The SMILES string of the molecule is CCc1cnc(C)nc1N1CCN(c2ncccc2C)CC1. The minimum Gasteiger partial charge on any atom is -0.353 e. The van der Waals surface area contributed by atoms with E-state index in [1.54, 1.807) is 0 Å². The van der Waals surface area contributed by atoms with Crippen molar-refractivity contribution in [3.05, 3.63) is 41.5 Å². The molecule has 1 fully saturated rings. The summed E-state index contributed by atoms with van der Waals surface area (Å²) in [6.07, 6.45) is 4.81. The molecule has 22 heavy (non-hydrogen) atoms. The van der Waals surface area contributed by atoms with E-state index in [1.807, 2.05) is 25.4 Å². The number of aromatic nitrogens is 3. The Morgan fingerprint density at radius 1 is 1.00 bits per heavy atom. The van der Waals surface area contributed by atoms with Crippen LogP contribution in [0.1, 0.15) is 23.9 Å². The van der Waals surface area contributed by atoms with Crippen LogP contribution in [0.5, 0.6) is 0 Å². The standard InChI is InChI=1S/C17H23N5/c1-4-15-12-19-14(3)20-17(15)22-10-8-21(9-11-22)16-13(2)6-5-7-18-16/h5-7,12H,4,8-11H2,1-3H3. The molecule has 1 saturated heterocycles. The summed E-state index contributed by atoms with van der Waals surface area (Å²) < 4.78 is 0. The first-order chi connectivity index (χ1) is 10.7.